The molecular formula is C19H20O5. The molecule has 1 aliphatic rings. The van der Waals surface area contributed by atoms with Gasteiger partial charge < -0.3 is 24.8 Å². The van der Waals surface area contributed by atoms with E-state index in [0.29, 0.717) is 29.0 Å². The standard InChI is InChI=1S/C19H20O5/c1-23-17-8-12(7-13(10-21)19(17)24-2)14-5-6-16-15(14)4-3-11(9-20)18(16)22/h3-5,7-8,20-22H,6,9-10H2,1-2H3. The number of aromatic hydroxyl groups is 1. The van der Waals surface area contributed by atoms with E-state index in [1.165, 1.54) is 7.11 Å². The van der Waals surface area contributed by atoms with Crippen LogP contribution in [-0.4, -0.2) is 29.5 Å². The predicted octanol–water partition coefficient (Wildman–Crippen LogP) is 2.38. The van der Waals surface area contributed by atoms with Crippen molar-refractivity contribution in [1.82, 2.24) is 0 Å². The number of rotatable bonds is 5. The molecule has 1 aliphatic carbocycles. The summed E-state index contributed by atoms with van der Waals surface area (Å²) >= 11 is 0. The van der Waals surface area contributed by atoms with E-state index in [9.17, 15) is 15.3 Å². The largest absolute Gasteiger partial charge is 0.507 e. The van der Waals surface area contributed by atoms with Crippen molar-refractivity contribution in [2.24, 2.45) is 0 Å². The summed E-state index contributed by atoms with van der Waals surface area (Å²) in [6, 6.07) is 7.34. The molecule has 126 valence electrons. The van der Waals surface area contributed by atoms with Crippen LogP contribution in [-0.2, 0) is 19.6 Å². The van der Waals surface area contributed by atoms with Crippen LogP contribution in [0.2, 0.25) is 0 Å². The Balaban J connectivity index is 2.12. The van der Waals surface area contributed by atoms with Gasteiger partial charge in [-0.05, 0) is 35.3 Å². The summed E-state index contributed by atoms with van der Waals surface area (Å²) in [5.74, 6) is 1.20. The summed E-state index contributed by atoms with van der Waals surface area (Å²) < 4.78 is 10.7. The average molecular weight is 328 g/mol. The van der Waals surface area contributed by atoms with Gasteiger partial charge in [0.25, 0.3) is 0 Å². The number of benzene rings is 2. The van der Waals surface area contributed by atoms with Crippen molar-refractivity contribution in [3.05, 3.63) is 58.2 Å². The quantitative estimate of drug-likeness (QED) is 0.785. The second-order valence-electron chi connectivity index (χ2n) is 5.61. The third kappa shape index (κ3) is 2.52. The molecule has 0 fully saturated rings. The number of hydrogen-bond donors (Lipinski definition) is 3. The minimum absolute atomic E-state index is 0.143. The Bertz CT molecular complexity index is 783. The van der Waals surface area contributed by atoms with E-state index in [2.05, 4.69) is 0 Å². The first-order chi connectivity index (χ1) is 11.6. The fourth-order valence-electron chi connectivity index (χ4n) is 3.18. The zero-order valence-corrected chi connectivity index (χ0v) is 13.7. The van der Waals surface area contributed by atoms with E-state index in [0.717, 1.165) is 22.3 Å². The molecule has 0 aliphatic heterocycles. The number of allylic oxidation sites excluding steroid dienone is 1. The fourth-order valence-corrected chi connectivity index (χ4v) is 3.18. The maximum atomic E-state index is 10.3. The van der Waals surface area contributed by atoms with Crippen LogP contribution in [0.15, 0.2) is 30.3 Å². The number of fused-ring (bicyclic) bond motifs is 1. The lowest BCUT2D eigenvalue weighted by Gasteiger charge is -2.15. The molecule has 0 aromatic heterocycles. The number of aliphatic hydroxyl groups is 2. The summed E-state index contributed by atoms with van der Waals surface area (Å²) in [6.45, 7) is -0.359. The van der Waals surface area contributed by atoms with Crippen LogP contribution in [0, 0.1) is 0 Å². The highest BCUT2D eigenvalue weighted by Crippen LogP contribution is 2.42. The minimum atomic E-state index is -0.195. The molecule has 0 amide bonds. The van der Waals surface area contributed by atoms with Crippen molar-refractivity contribution in [1.29, 1.82) is 0 Å². The Hall–Kier alpha value is -2.50. The average Bonchev–Trinajstić information content (AvgIpc) is 3.05. The zero-order valence-electron chi connectivity index (χ0n) is 13.7. The van der Waals surface area contributed by atoms with Crippen LogP contribution in [0.25, 0.3) is 5.57 Å². The molecule has 0 bridgehead atoms. The van der Waals surface area contributed by atoms with Crippen molar-refractivity contribution in [2.75, 3.05) is 14.2 Å². The molecule has 2 aromatic carbocycles. The molecule has 0 unspecified atom stereocenters. The maximum absolute atomic E-state index is 10.3. The highest BCUT2D eigenvalue weighted by atomic mass is 16.5. The Morgan fingerprint density at radius 3 is 2.38 bits per heavy atom. The van der Waals surface area contributed by atoms with Crippen LogP contribution in [0.3, 0.4) is 0 Å². The number of methoxy groups -OCH3 is 2. The van der Waals surface area contributed by atoms with Gasteiger partial charge in [-0.3, -0.25) is 0 Å². The molecule has 0 spiro atoms. The van der Waals surface area contributed by atoms with Gasteiger partial charge in [-0.25, -0.2) is 0 Å². The van der Waals surface area contributed by atoms with Crippen LogP contribution >= 0.6 is 0 Å². The minimum Gasteiger partial charge on any atom is -0.507 e. The van der Waals surface area contributed by atoms with Crippen molar-refractivity contribution >= 4 is 5.57 Å². The van der Waals surface area contributed by atoms with E-state index < -0.39 is 0 Å². The molecule has 3 N–H and O–H groups in total. The van der Waals surface area contributed by atoms with Gasteiger partial charge in [0.15, 0.2) is 11.5 Å². The van der Waals surface area contributed by atoms with Gasteiger partial charge in [-0.15, -0.1) is 0 Å². The van der Waals surface area contributed by atoms with E-state index >= 15 is 0 Å². The summed E-state index contributed by atoms with van der Waals surface area (Å²) in [7, 11) is 3.09. The van der Waals surface area contributed by atoms with E-state index in [1.54, 1.807) is 13.2 Å². The molecule has 0 atom stereocenters. The van der Waals surface area contributed by atoms with Gasteiger partial charge in [-0.1, -0.05) is 18.2 Å². The first-order valence-electron chi connectivity index (χ1n) is 7.65. The van der Waals surface area contributed by atoms with Gasteiger partial charge in [0.1, 0.15) is 5.75 Å². The fraction of sp³-hybridized carbons (Fsp3) is 0.263. The predicted molar refractivity (Wildman–Crippen MR) is 90.3 cm³/mol. The Labute approximate surface area is 140 Å². The SMILES string of the molecule is COc1cc(C2=CCc3c2ccc(CO)c3O)cc(CO)c1OC. The summed E-state index contributed by atoms with van der Waals surface area (Å²) in [5, 5.41) is 29.2. The molecule has 5 heteroatoms. The Morgan fingerprint density at radius 2 is 1.75 bits per heavy atom. The third-order valence-electron chi connectivity index (χ3n) is 4.37. The van der Waals surface area contributed by atoms with Crippen LogP contribution in [0.4, 0.5) is 0 Å². The van der Waals surface area contributed by atoms with E-state index in [-0.39, 0.29) is 19.0 Å². The molecule has 0 radical (unpaired) electrons. The molecule has 24 heavy (non-hydrogen) atoms. The Kier molecular flexibility index (Phi) is 4.46. The second kappa shape index (κ2) is 6.55. The summed E-state index contributed by atoms with van der Waals surface area (Å²) in [4.78, 5) is 0. The third-order valence-corrected chi connectivity index (χ3v) is 4.37. The van der Waals surface area contributed by atoms with Gasteiger partial charge >= 0.3 is 0 Å². The van der Waals surface area contributed by atoms with Gasteiger partial charge in [0.05, 0.1) is 27.4 Å². The van der Waals surface area contributed by atoms with Gasteiger partial charge in [0.2, 0.25) is 0 Å². The number of aliphatic hydroxyl groups excluding tert-OH is 2. The van der Waals surface area contributed by atoms with E-state index in [1.807, 2.05) is 24.3 Å². The molecule has 3 rings (SSSR count). The Morgan fingerprint density at radius 1 is 1.00 bits per heavy atom. The normalized spacial score (nSPS) is 12.8. The number of hydrogen-bond acceptors (Lipinski definition) is 5. The van der Waals surface area contributed by atoms with Crippen LogP contribution in [0.5, 0.6) is 17.2 Å². The summed E-state index contributed by atoms with van der Waals surface area (Å²) in [5.41, 5.74) is 4.72. The van der Waals surface area contributed by atoms with Gasteiger partial charge in [-0.2, -0.15) is 0 Å². The smallest absolute Gasteiger partial charge is 0.166 e. The van der Waals surface area contributed by atoms with Crippen LogP contribution < -0.4 is 9.47 Å². The molecule has 5 nitrogen and oxygen atoms in total. The lowest BCUT2D eigenvalue weighted by atomic mass is 9.95. The maximum Gasteiger partial charge on any atom is 0.166 e. The molecular weight excluding hydrogens is 308 g/mol. The molecule has 0 heterocycles. The van der Waals surface area contributed by atoms with Crippen molar-refractivity contribution in [3.8, 4) is 17.2 Å². The zero-order chi connectivity index (χ0) is 17.3. The van der Waals surface area contributed by atoms with Crippen molar-refractivity contribution in [2.45, 2.75) is 19.6 Å². The monoisotopic (exact) mass is 328 g/mol. The second-order valence-corrected chi connectivity index (χ2v) is 5.61. The molecule has 0 saturated heterocycles. The van der Waals surface area contributed by atoms with Crippen molar-refractivity contribution < 1.29 is 24.8 Å². The first-order valence-corrected chi connectivity index (χ1v) is 7.65. The molecule has 2 aromatic rings. The van der Waals surface area contributed by atoms with Gasteiger partial charge in [0, 0.05) is 16.7 Å². The number of ether oxygens (including phenoxy) is 2. The lowest BCUT2D eigenvalue weighted by molar-refractivity contribution is 0.270. The highest BCUT2D eigenvalue weighted by Gasteiger charge is 2.22. The summed E-state index contributed by atoms with van der Waals surface area (Å²) in [6.07, 6.45) is 2.61. The molecule has 0 saturated carbocycles. The lowest BCUT2D eigenvalue weighted by Crippen LogP contribution is -1.99. The topological polar surface area (TPSA) is 79.2 Å². The number of phenols is 1. The van der Waals surface area contributed by atoms with Crippen molar-refractivity contribution in [3.63, 3.8) is 0 Å². The van der Waals surface area contributed by atoms with E-state index in [4.69, 9.17) is 9.47 Å². The first kappa shape index (κ1) is 16.4. The highest BCUT2D eigenvalue weighted by molar-refractivity contribution is 5.87. The van der Waals surface area contributed by atoms with Crippen LogP contribution in [0.1, 0.15) is 27.8 Å².